The van der Waals surface area contributed by atoms with E-state index in [4.69, 9.17) is 23.2 Å². The highest BCUT2D eigenvalue weighted by molar-refractivity contribution is 7.11. The fourth-order valence-corrected chi connectivity index (χ4v) is 2.25. The Morgan fingerprint density at radius 3 is 2.72 bits per heavy atom. The van der Waals surface area contributed by atoms with Crippen molar-refractivity contribution >= 4 is 40.4 Å². The van der Waals surface area contributed by atoms with E-state index >= 15 is 0 Å². The summed E-state index contributed by atoms with van der Waals surface area (Å²) in [4.78, 5) is 11.8. The van der Waals surface area contributed by atoms with Crippen molar-refractivity contribution in [2.75, 3.05) is 0 Å². The van der Waals surface area contributed by atoms with E-state index in [9.17, 15) is 4.79 Å². The summed E-state index contributed by atoms with van der Waals surface area (Å²) >= 11 is 13.1. The van der Waals surface area contributed by atoms with Gasteiger partial charge in [-0.25, -0.2) is 0 Å². The summed E-state index contributed by atoms with van der Waals surface area (Å²) < 4.78 is 0. The van der Waals surface area contributed by atoms with Crippen LogP contribution in [0, 0.1) is 6.92 Å². The van der Waals surface area contributed by atoms with Crippen LogP contribution in [0.1, 0.15) is 20.4 Å². The van der Waals surface area contributed by atoms with Crippen molar-refractivity contribution in [3.8, 4) is 0 Å². The van der Waals surface area contributed by atoms with Crippen molar-refractivity contribution in [1.29, 1.82) is 0 Å². The molecule has 0 saturated heterocycles. The number of nitrogens with one attached hydrogen (secondary N) is 1. The molecular weight excluding hydrogens is 293 g/mol. The predicted octanol–water partition coefficient (Wildman–Crippen LogP) is 3.08. The molecule has 18 heavy (non-hydrogen) atoms. The minimum atomic E-state index is -0.221. The van der Waals surface area contributed by atoms with Gasteiger partial charge in [0.2, 0.25) is 0 Å². The summed E-state index contributed by atoms with van der Waals surface area (Å²) in [6.07, 6.45) is 0. The van der Waals surface area contributed by atoms with E-state index in [0.29, 0.717) is 22.2 Å². The number of nitrogens with zero attached hydrogens (tertiary/aromatic N) is 2. The van der Waals surface area contributed by atoms with Crippen molar-refractivity contribution in [3.63, 3.8) is 0 Å². The first-order valence-electron chi connectivity index (χ1n) is 5.08. The lowest BCUT2D eigenvalue weighted by molar-refractivity contribution is 0.0951. The zero-order valence-corrected chi connectivity index (χ0v) is 11.7. The van der Waals surface area contributed by atoms with E-state index in [2.05, 4.69) is 15.5 Å². The van der Waals surface area contributed by atoms with Gasteiger partial charge in [0.15, 0.2) is 0 Å². The van der Waals surface area contributed by atoms with E-state index in [1.807, 2.05) is 6.92 Å². The lowest BCUT2D eigenvalue weighted by atomic mass is 10.2. The molecule has 0 bridgehead atoms. The molecule has 0 spiro atoms. The normalized spacial score (nSPS) is 10.4. The Morgan fingerprint density at radius 1 is 1.33 bits per heavy atom. The second kappa shape index (κ2) is 5.65. The molecular formula is C11H9Cl2N3OS. The second-order valence-electron chi connectivity index (χ2n) is 3.53. The standard InChI is InChI=1S/C11H9Cl2N3OS/c1-6-15-16-10(18-6)5-14-11(17)7-2-3-8(12)9(13)4-7/h2-4H,5H2,1H3,(H,14,17). The van der Waals surface area contributed by atoms with Crippen LogP contribution in [0.15, 0.2) is 18.2 Å². The summed E-state index contributed by atoms with van der Waals surface area (Å²) in [7, 11) is 0. The predicted molar refractivity (Wildman–Crippen MR) is 72.3 cm³/mol. The first-order chi connectivity index (χ1) is 8.56. The monoisotopic (exact) mass is 301 g/mol. The number of carbonyl (C=O) groups excluding carboxylic acids is 1. The molecule has 0 aliphatic carbocycles. The molecule has 0 aliphatic heterocycles. The van der Waals surface area contributed by atoms with E-state index < -0.39 is 0 Å². The van der Waals surface area contributed by atoms with Crippen LogP contribution in [0.25, 0.3) is 0 Å². The highest BCUT2D eigenvalue weighted by atomic mass is 35.5. The summed E-state index contributed by atoms with van der Waals surface area (Å²) in [6.45, 7) is 2.21. The molecule has 4 nitrogen and oxygen atoms in total. The van der Waals surface area contributed by atoms with Crippen LogP contribution in [0.2, 0.25) is 10.0 Å². The third-order valence-electron chi connectivity index (χ3n) is 2.15. The fraction of sp³-hybridized carbons (Fsp3) is 0.182. The second-order valence-corrected chi connectivity index (χ2v) is 5.61. The Labute approximate surface area is 118 Å². The van der Waals surface area contributed by atoms with Gasteiger partial charge in [-0.15, -0.1) is 10.2 Å². The lowest BCUT2D eigenvalue weighted by Gasteiger charge is -2.04. The molecule has 7 heteroatoms. The highest BCUT2D eigenvalue weighted by Crippen LogP contribution is 2.22. The number of benzene rings is 1. The Kier molecular flexibility index (Phi) is 4.16. The topological polar surface area (TPSA) is 54.9 Å². The van der Waals surface area contributed by atoms with E-state index in [1.54, 1.807) is 12.1 Å². The molecule has 1 aromatic carbocycles. The molecule has 0 fully saturated rings. The number of halogens is 2. The largest absolute Gasteiger partial charge is 0.345 e. The molecule has 94 valence electrons. The van der Waals surface area contributed by atoms with Crippen LogP contribution in [-0.4, -0.2) is 16.1 Å². The highest BCUT2D eigenvalue weighted by Gasteiger charge is 2.09. The van der Waals surface area contributed by atoms with E-state index in [1.165, 1.54) is 17.4 Å². The molecule has 0 aliphatic rings. The third kappa shape index (κ3) is 3.19. The van der Waals surface area contributed by atoms with Crippen molar-refractivity contribution in [1.82, 2.24) is 15.5 Å². The average Bonchev–Trinajstić information content (AvgIpc) is 2.75. The quantitative estimate of drug-likeness (QED) is 0.948. The Bertz CT molecular complexity index is 585. The summed E-state index contributed by atoms with van der Waals surface area (Å²) in [5, 5.41) is 12.9. The van der Waals surface area contributed by atoms with Crippen LogP contribution >= 0.6 is 34.5 Å². The Hall–Kier alpha value is -1.17. The van der Waals surface area contributed by atoms with Crippen LogP contribution < -0.4 is 5.32 Å². The van der Waals surface area contributed by atoms with E-state index in [0.717, 1.165) is 10.0 Å². The van der Waals surface area contributed by atoms with Gasteiger partial charge in [0.25, 0.3) is 5.91 Å². The van der Waals surface area contributed by atoms with Gasteiger partial charge in [-0.05, 0) is 25.1 Å². The summed E-state index contributed by atoms with van der Waals surface area (Å²) in [6, 6.07) is 4.74. The summed E-state index contributed by atoms with van der Waals surface area (Å²) in [5.74, 6) is -0.221. The first kappa shape index (κ1) is 13.3. The number of hydrogen-bond acceptors (Lipinski definition) is 4. The van der Waals surface area contributed by atoms with Crippen LogP contribution in [0.4, 0.5) is 0 Å². The van der Waals surface area contributed by atoms with Gasteiger partial charge in [0.1, 0.15) is 10.0 Å². The van der Waals surface area contributed by atoms with Crippen LogP contribution in [0.3, 0.4) is 0 Å². The van der Waals surface area contributed by atoms with Crippen LogP contribution in [-0.2, 0) is 6.54 Å². The number of carbonyl (C=O) groups is 1. The molecule has 2 aromatic rings. The molecule has 0 radical (unpaired) electrons. The lowest BCUT2D eigenvalue weighted by Crippen LogP contribution is -2.22. The Balaban J connectivity index is 2.01. The van der Waals surface area contributed by atoms with E-state index in [-0.39, 0.29) is 5.91 Å². The number of rotatable bonds is 3. The molecule has 1 heterocycles. The number of aromatic nitrogens is 2. The smallest absolute Gasteiger partial charge is 0.251 e. The molecule has 1 aromatic heterocycles. The van der Waals surface area contributed by atoms with Gasteiger partial charge < -0.3 is 5.32 Å². The van der Waals surface area contributed by atoms with Gasteiger partial charge in [0, 0.05) is 5.56 Å². The van der Waals surface area contributed by atoms with Gasteiger partial charge in [-0.3, -0.25) is 4.79 Å². The number of aryl methyl sites for hydroxylation is 1. The fourth-order valence-electron chi connectivity index (χ4n) is 1.30. The molecule has 1 N–H and O–H groups in total. The number of amides is 1. The van der Waals surface area contributed by atoms with Crippen molar-refractivity contribution in [3.05, 3.63) is 43.8 Å². The average molecular weight is 302 g/mol. The van der Waals surface area contributed by atoms with Crippen molar-refractivity contribution in [2.24, 2.45) is 0 Å². The maximum Gasteiger partial charge on any atom is 0.251 e. The maximum absolute atomic E-state index is 11.8. The molecule has 0 unspecified atom stereocenters. The SMILES string of the molecule is Cc1nnc(CNC(=O)c2ccc(Cl)c(Cl)c2)s1. The van der Waals surface area contributed by atoms with Crippen LogP contribution in [0.5, 0.6) is 0 Å². The summed E-state index contributed by atoms with van der Waals surface area (Å²) in [5.41, 5.74) is 0.464. The molecule has 0 atom stereocenters. The molecule has 0 saturated carbocycles. The third-order valence-corrected chi connectivity index (χ3v) is 3.73. The molecule has 2 rings (SSSR count). The minimum Gasteiger partial charge on any atom is -0.345 e. The molecule has 1 amide bonds. The van der Waals surface area contributed by atoms with Gasteiger partial charge in [-0.2, -0.15) is 0 Å². The zero-order valence-electron chi connectivity index (χ0n) is 9.41. The van der Waals surface area contributed by atoms with Crippen molar-refractivity contribution < 1.29 is 4.79 Å². The van der Waals surface area contributed by atoms with Crippen molar-refractivity contribution in [2.45, 2.75) is 13.5 Å². The van der Waals surface area contributed by atoms with Gasteiger partial charge >= 0.3 is 0 Å². The first-order valence-corrected chi connectivity index (χ1v) is 6.66. The van der Waals surface area contributed by atoms with Gasteiger partial charge in [0.05, 0.1) is 16.6 Å². The zero-order chi connectivity index (χ0) is 13.1. The maximum atomic E-state index is 11.8. The van der Waals surface area contributed by atoms with Gasteiger partial charge in [-0.1, -0.05) is 34.5 Å². The number of hydrogen-bond donors (Lipinski definition) is 1. The minimum absolute atomic E-state index is 0.221. The Morgan fingerprint density at radius 2 is 2.11 bits per heavy atom.